The number of hydrogen-bond acceptors (Lipinski definition) is 3. The lowest BCUT2D eigenvalue weighted by Crippen LogP contribution is -2.28. The van der Waals surface area contributed by atoms with E-state index in [4.69, 9.17) is 0 Å². The molecule has 0 saturated carbocycles. The van der Waals surface area contributed by atoms with Crippen molar-refractivity contribution in [1.82, 2.24) is 4.98 Å². The van der Waals surface area contributed by atoms with E-state index in [2.05, 4.69) is 4.98 Å². The molecule has 1 amide bonds. The number of nitrogens with zero attached hydrogens (tertiary/aromatic N) is 2. The van der Waals surface area contributed by atoms with Crippen molar-refractivity contribution in [3.8, 4) is 0 Å². The average Bonchev–Trinajstić information content (AvgIpc) is 2.95. The van der Waals surface area contributed by atoms with E-state index < -0.39 is 0 Å². The number of amides is 1. The number of carbonyl (C=O) groups is 2. The Bertz CT molecular complexity index is 996. The maximum Gasteiger partial charge on any atom is 0.236 e. The molecule has 1 aliphatic rings. The summed E-state index contributed by atoms with van der Waals surface area (Å²) in [7, 11) is 1.77. The summed E-state index contributed by atoms with van der Waals surface area (Å²) in [6.07, 6.45) is 1.71. The zero-order chi connectivity index (χ0) is 19.0. The van der Waals surface area contributed by atoms with Gasteiger partial charge in [0.05, 0.1) is 5.92 Å². The van der Waals surface area contributed by atoms with Crippen LogP contribution in [0.1, 0.15) is 45.8 Å². The van der Waals surface area contributed by atoms with Gasteiger partial charge in [0.2, 0.25) is 5.91 Å². The van der Waals surface area contributed by atoms with Gasteiger partial charge in [-0.25, -0.2) is 4.98 Å². The Hall–Kier alpha value is -3.27. The minimum Gasteiger partial charge on any atom is -0.299 e. The predicted octanol–water partition coefficient (Wildman–Crippen LogP) is 4.18. The van der Waals surface area contributed by atoms with E-state index in [0.29, 0.717) is 11.4 Å². The highest BCUT2D eigenvalue weighted by Gasteiger charge is 2.42. The van der Waals surface area contributed by atoms with Crippen molar-refractivity contribution in [1.29, 1.82) is 0 Å². The quantitative estimate of drug-likeness (QED) is 0.659. The maximum atomic E-state index is 13.2. The molecule has 1 aliphatic heterocycles. The molecule has 0 bridgehead atoms. The van der Waals surface area contributed by atoms with Crippen LogP contribution in [-0.2, 0) is 4.79 Å². The number of fused-ring (bicyclic) bond motifs is 1. The molecular weight excluding hydrogens is 336 g/mol. The van der Waals surface area contributed by atoms with Crippen LogP contribution in [0.3, 0.4) is 0 Å². The third-order valence-corrected chi connectivity index (χ3v) is 5.23. The molecule has 134 valence electrons. The number of hydrogen-bond donors (Lipinski definition) is 0. The molecular formula is C23H20N2O2. The summed E-state index contributed by atoms with van der Waals surface area (Å²) >= 11 is 0. The van der Waals surface area contributed by atoms with Crippen LogP contribution < -0.4 is 4.90 Å². The Balaban J connectivity index is 1.87. The van der Waals surface area contributed by atoms with E-state index in [1.54, 1.807) is 25.1 Å². The highest BCUT2D eigenvalue weighted by Crippen LogP contribution is 2.46. The van der Waals surface area contributed by atoms with Crippen molar-refractivity contribution in [3.05, 3.63) is 95.2 Å². The standard InChI is InChI=1S/C23H20N2O2/c1-15(26)16-10-12-18(13-11-16)20(17-7-4-3-5-8-17)21-19-9-6-14-24-22(19)25(2)23(21)27/h3-14,20-21H,1-2H3. The molecule has 4 heteroatoms. The van der Waals surface area contributed by atoms with Gasteiger partial charge in [0.15, 0.2) is 5.78 Å². The van der Waals surface area contributed by atoms with E-state index in [1.165, 1.54) is 0 Å². The van der Waals surface area contributed by atoms with E-state index in [-0.39, 0.29) is 23.5 Å². The number of carbonyl (C=O) groups excluding carboxylic acids is 2. The van der Waals surface area contributed by atoms with Crippen LogP contribution in [0.5, 0.6) is 0 Å². The SMILES string of the molecule is CC(=O)c1ccc(C(c2ccccc2)C2C(=O)N(C)c3ncccc32)cc1. The molecule has 0 radical (unpaired) electrons. The van der Waals surface area contributed by atoms with E-state index in [1.807, 2.05) is 66.7 Å². The van der Waals surface area contributed by atoms with Crippen molar-refractivity contribution < 1.29 is 9.59 Å². The first kappa shape index (κ1) is 17.2. The normalized spacial score (nSPS) is 16.9. The fourth-order valence-electron chi connectivity index (χ4n) is 3.86. The van der Waals surface area contributed by atoms with Crippen molar-refractivity contribution in [2.75, 3.05) is 11.9 Å². The van der Waals surface area contributed by atoms with Gasteiger partial charge in [-0.1, -0.05) is 60.7 Å². The number of anilines is 1. The van der Waals surface area contributed by atoms with Gasteiger partial charge in [-0.05, 0) is 24.1 Å². The number of Topliss-reactive ketones (excluding diaryl/α,β-unsaturated/α-hetero) is 1. The molecule has 1 aromatic heterocycles. The summed E-state index contributed by atoms with van der Waals surface area (Å²) in [5.41, 5.74) is 3.68. The second-order valence-electron chi connectivity index (χ2n) is 6.86. The van der Waals surface area contributed by atoms with E-state index >= 15 is 0 Å². The summed E-state index contributed by atoms with van der Waals surface area (Å²) in [4.78, 5) is 30.8. The molecule has 4 rings (SSSR count). The van der Waals surface area contributed by atoms with Crippen molar-refractivity contribution in [3.63, 3.8) is 0 Å². The van der Waals surface area contributed by atoms with Gasteiger partial charge in [-0.3, -0.25) is 14.5 Å². The Morgan fingerprint density at radius 3 is 2.30 bits per heavy atom. The number of aromatic nitrogens is 1. The Labute approximate surface area is 158 Å². The van der Waals surface area contributed by atoms with E-state index in [0.717, 1.165) is 16.7 Å². The van der Waals surface area contributed by atoms with Crippen molar-refractivity contribution in [2.45, 2.75) is 18.8 Å². The van der Waals surface area contributed by atoms with Crippen LogP contribution in [0.25, 0.3) is 0 Å². The molecule has 0 fully saturated rings. The minimum atomic E-state index is -0.343. The van der Waals surface area contributed by atoms with Gasteiger partial charge >= 0.3 is 0 Å². The average molecular weight is 356 g/mol. The Morgan fingerprint density at radius 1 is 0.963 bits per heavy atom. The molecule has 3 aromatic rings. The third kappa shape index (κ3) is 2.93. The smallest absolute Gasteiger partial charge is 0.236 e. The summed E-state index contributed by atoms with van der Waals surface area (Å²) in [5.74, 6) is 0.294. The van der Waals surface area contributed by atoms with Crippen LogP contribution in [0.2, 0.25) is 0 Å². The molecule has 2 heterocycles. The van der Waals surface area contributed by atoms with Crippen molar-refractivity contribution >= 4 is 17.5 Å². The van der Waals surface area contributed by atoms with Gasteiger partial charge in [0.25, 0.3) is 0 Å². The fourth-order valence-corrected chi connectivity index (χ4v) is 3.86. The van der Waals surface area contributed by atoms with Crippen LogP contribution in [0, 0.1) is 0 Å². The Kier molecular flexibility index (Phi) is 4.32. The van der Waals surface area contributed by atoms with Crippen LogP contribution in [0.4, 0.5) is 5.82 Å². The number of pyridine rings is 1. The molecule has 2 aromatic carbocycles. The first-order valence-corrected chi connectivity index (χ1v) is 8.96. The lowest BCUT2D eigenvalue weighted by atomic mass is 9.78. The highest BCUT2D eigenvalue weighted by molar-refractivity contribution is 6.04. The van der Waals surface area contributed by atoms with Gasteiger partial charge in [-0.2, -0.15) is 0 Å². The summed E-state index contributed by atoms with van der Waals surface area (Å²) < 4.78 is 0. The first-order valence-electron chi connectivity index (χ1n) is 8.96. The summed E-state index contributed by atoms with van der Waals surface area (Å²) in [6.45, 7) is 1.56. The molecule has 0 spiro atoms. The lowest BCUT2D eigenvalue weighted by Gasteiger charge is -2.24. The van der Waals surface area contributed by atoms with Crippen LogP contribution >= 0.6 is 0 Å². The molecule has 0 saturated heterocycles. The number of rotatable bonds is 4. The van der Waals surface area contributed by atoms with Crippen molar-refractivity contribution in [2.24, 2.45) is 0 Å². The molecule has 2 unspecified atom stereocenters. The van der Waals surface area contributed by atoms with Gasteiger partial charge < -0.3 is 0 Å². The first-order chi connectivity index (χ1) is 13.1. The summed E-state index contributed by atoms with van der Waals surface area (Å²) in [5, 5.41) is 0. The Morgan fingerprint density at radius 2 is 1.63 bits per heavy atom. The van der Waals surface area contributed by atoms with Crippen LogP contribution in [0.15, 0.2) is 72.9 Å². The second-order valence-corrected chi connectivity index (χ2v) is 6.86. The molecule has 2 atom stereocenters. The van der Waals surface area contributed by atoms with Gasteiger partial charge in [0, 0.05) is 30.3 Å². The van der Waals surface area contributed by atoms with Gasteiger partial charge in [0.1, 0.15) is 5.82 Å². The number of likely N-dealkylation sites (N-methyl/N-ethyl adjacent to an activating group) is 1. The molecule has 4 nitrogen and oxygen atoms in total. The zero-order valence-corrected chi connectivity index (χ0v) is 15.3. The zero-order valence-electron chi connectivity index (χ0n) is 15.3. The van der Waals surface area contributed by atoms with Crippen LogP contribution in [-0.4, -0.2) is 23.7 Å². The largest absolute Gasteiger partial charge is 0.299 e. The minimum absolute atomic E-state index is 0.0315. The molecule has 27 heavy (non-hydrogen) atoms. The van der Waals surface area contributed by atoms with E-state index in [9.17, 15) is 9.59 Å². The maximum absolute atomic E-state index is 13.2. The molecule has 0 N–H and O–H groups in total. The monoisotopic (exact) mass is 356 g/mol. The lowest BCUT2D eigenvalue weighted by molar-refractivity contribution is -0.119. The third-order valence-electron chi connectivity index (χ3n) is 5.23. The van der Waals surface area contributed by atoms with Gasteiger partial charge in [-0.15, -0.1) is 0 Å². The fraction of sp³-hybridized carbons (Fsp3) is 0.174. The topological polar surface area (TPSA) is 50.3 Å². The molecule has 0 aliphatic carbocycles. The number of ketones is 1. The number of benzene rings is 2. The highest BCUT2D eigenvalue weighted by atomic mass is 16.2. The second kappa shape index (κ2) is 6.80. The predicted molar refractivity (Wildman–Crippen MR) is 105 cm³/mol. The summed E-state index contributed by atoms with van der Waals surface area (Å²) in [6, 6.07) is 21.5.